The van der Waals surface area contributed by atoms with Gasteiger partial charge in [-0.1, -0.05) is 52.8 Å². The number of H-pyrrole nitrogens is 1. The van der Waals surface area contributed by atoms with E-state index >= 15 is 0 Å². The van der Waals surface area contributed by atoms with Crippen LogP contribution < -0.4 is 4.74 Å². The van der Waals surface area contributed by atoms with Gasteiger partial charge in [-0.15, -0.1) is 0 Å². The second-order valence-electron chi connectivity index (χ2n) is 4.76. The van der Waals surface area contributed by atoms with Crippen molar-refractivity contribution in [2.75, 3.05) is 0 Å². The highest BCUT2D eigenvalue weighted by molar-refractivity contribution is 5.87. The van der Waals surface area contributed by atoms with E-state index in [1.165, 1.54) is 6.07 Å². The Balaban J connectivity index is 1.72. The van der Waals surface area contributed by atoms with Crippen LogP contribution in [0.25, 0.3) is 11.1 Å². The number of nitrogens with one attached hydrogen (secondary N) is 1. The lowest BCUT2D eigenvalue weighted by atomic mass is 10.0. The van der Waals surface area contributed by atoms with Crippen molar-refractivity contribution in [1.82, 2.24) is 15.4 Å². The second kappa shape index (κ2) is 6.27. The van der Waals surface area contributed by atoms with Crippen molar-refractivity contribution in [3.8, 4) is 17.0 Å². The molecule has 1 aromatic heterocycles. The fourth-order valence-corrected chi connectivity index (χ4v) is 2.09. The minimum Gasteiger partial charge on any atom is -0.476 e. The molecule has 0 aliphatic carbocycles. The van der Waals surface area contributed by atoms with Crippen LogP contribution in [0.1, 0.15) is 16.1 Å². The third-order valence-corrected chi connectivity index (χ3v) is 3.24. The topological polar surface area (TPSA) is 88.1 Å². The molecule has 3 rings (SSSR count). The number of aromatic carboxylic acids is 1. The van der Waals surface area contributed by atoms with Gasteiger partial charge in [-0.2, -0.15) is 0 Å². The molecule has 23 heavy (non-hydrogen) atoms. The molecule has 7 heteroatoms. The summed E-state index contributed by atoms with van der Waals surface area (Å²) in [6.45, 7) is 0.129. The zero-order chi connectivity index (χ0) is 16.2. The van der Waals surface area contributed by atoms with E-state index < -0.39 is 5.97 Å². The van der Waals surface area contributed by atoms with Crippen LogP contribution in [-0.4, -0.2) is 26.5 Å². The zero-order valence-electron chi connectivity index (χ0n) is 11.9. The van der Waals surface area contributed by atoms with Gasteiger partial charge < -0.3 is 9.84 Å². The summed E-state index contributed by atoms with van der Waals surface area (Å²) in [5, 5.41) is 18.1. The molecule has 2 N–H and O–H groups in total. The molecular weight excluding hydrogens is 301 g/mol. The number of ether oxygens (including phenoxy) is 1. The molecule has 0 saturated heterocycles. The van der Waals surface area contributed by atoms with Crippen molar-refractivity contribution < 1.29 is 19.0 Å². The summed E-state index contributed by atoms with van der Waals surface area (Å²) in [5.41, 5.74) is 1.86. The molecule has 0 aliphatic heterocycles. The maximum atomic E-state index is 13.7. The number of halogens is 1. The van der Waals surface area contributed by atoms with Gasteiger partial charge in [-0.05, 0) is 17.2 Å². The molecule has 0 bridgehead atoms. The van der Waals surface area contributed by atoms with Crippen LogP contribution in [0.3, 0.4) is 0 Å². The number of hydrogen-bond acceptors (Lipinski definition) is 4. The first-order chi connectivity index (χ1) is 11.1. The molecule has 0 aliphatic rings. The molecule has 0 fully saturated rings. The van der Waals surface area contributed by atoms with Gasteiger partial charge in [0.15, 0.2) is 0 Å². The molecule has 6 nitrogen and oxygen atoms in total. The monoisotopic (exact) mass is 313 g/mol. The average Bonchev–Trinajstić information content (AvgIpc) is 3.03. The van der Waals surface area contributed by atoms with Crippen LogP contribution in [0, 0.1) is 5.82 Å². The Labute approximate surface area is 130 Å². The summed E-state index contributed by atoms with van der Waals surface area (Å²) in [6, 6.07) is 13.6. The van der Waals surface area contributed by atoms with Crippen LogP contribution in [0.15, 0.2) is 48.5 Å². The summed E-state index contributed by atoms with van der Waals surface area (Å²) in [4.78, 5) is 10.9. The Kier molecular flexibility index (Phi) is 4.01. The number of aromatic nitrogens is 3. The molecule has 0 amide bonds. The number of benzene rings is 2. The van der Waals surface area contributed by atoms with Gasteiger partial charge in [0.25, 0.3) is 5.88 Å². The van der Waals surface area contributed by atoms with E-state index in [0.717, 1.165) is 11.1 Å². The summed E-state index contributed by atoms with van der Waals surface area (Å²) in [6.07, 6.45) is 0. The lowest BCUT2D eigenvalue weighted by Crippen LogP contribution is -2.03. The van der Waals surface area contributed by atoms with E-state index in [9.17, 15) is 9.18 Å². The van der Waals surface area contributed by atoms with Crippen LogP contribution in [0.2, 0.25) is 0 Å². The predicted molar refractivity (Wildman–Crippen MR) is 79.5 cm³/mol. The lowest BCUT2D eigenvalue weighted by Gasteiger charge is -2.06. The standard InChI is InChI=1S/C16H12FN3O3/c17-13-4-2-1-3-12(13)11-7-5-10(6-8-11)9-23-15-14(16(21)22)18-20-19-15/h1-8H,9H2,(H,21,22)(H,18,19,20). The molecule has 3 aromatic rings. The van der Waals surface area contributed by atoms with Crippen molar-refractivity contribution >= 4 is 5.97 Å². The Morgan fingerprint density at radius 1 is 1.17 bits per heavy atom. The number of carboxylic acid groups (broad SMARTS) is 1. The van der Waals surface area contributed by atoms with Crippen LogP contribution >= 0.6 is 0 Å². The normalized spacial score (nSPS) is 10.5. The van der Waals surface area contributed by atoms with E-state index in [4.69, 9.17) is 9.84 Å². The summed E-state index contributed by atoms with van der Waals surface area (Å²) < 4.78 is 19.1. The molecule has 0 unspecified atom stereocenters. The largest absolute Gasteiger partial charge is 0.476 e. The fraction of sp³-hybridized carbons (Fsp3) is 0.0625. The number of nitrogens with zero attached hydrogens (tertiary/aromatic N) is 2. The Bertz CT molecular complexity index is 831. The number of aromatic amines is 1. The van der Waals surface area contributed by atoms with Crippen molar-refractivity contribution in [3.63, 3.8) is 0 Å². The third-order valence-electron chi connectivity index (χ3n) is 3.24. The second-order valence-corrected chi connectivity index (χ2v) is 4.76. The quantitative estimate of drug-likeness (QED) is 0.756. The molecule has 2 aromatic carbocycles. The first-order valence-electron chi connectivity index (χ1n) is 6.76. The minimum atomic E-state index is -1.19. The highest BCUT2D eigenvalue weighted by Crippen LogP contribution is 2.23. The van der Waals surface area contributed by atoms with Crippen LogP contribution in [-0.2, 0) is 6.61 Å². The van der Waals surface area contributed by atoms with Crippen LogP contribution in [0.5, 0.6) is 5.88 Å². The van der Waals surface area contributed by atoms with Crippen molar-refractivity contribution in [3.05, 3.63) is 65.6 Å². The van der Waals surface area contributed by atoms with Gasteiger partial charge >= 0.3 is 5.97 Å². The van der Waals surface area contributed by atoms with Crippen LogP contribution in [0.4, 0.5) is 4.39 Å². The molecule has 116 valence electrons. The highest BCUT2D eigenvalue weighted by Gasteiger charge is 2.15. The fourth-order valence-electron chi connectivity index (χ4n) is 2.09. The van der Waals surface area contributed by atoms with E-state index in [-0.39, 0.29) is 24.0 Å². The van der Waals surface area contributed by atoms with Crippen molar-refractivity contribution in [2.45, 2.75) is 6.61 Å². The minimum absolute atomic E-state index is 0.0734. The molecule has 0 radical (unpaired) electrons. The molecule has 0 saturated carbocycles. The van der Waals surface area contributed by atoms with Gasteiger partial charge in [0.05, 0.1) is 0 Å². The van der Waals surface area contributed by atoms with Gasteiger partial charge in [-0.3, -0.25) is 0 Å². The number of hydrogen-bond donors (Lipinski definition) is 2. The van der Waals surface area contributed by atoms with Gasteiger partial charge in [0, 0.05) is 5.56 Å². The van der Waals surface area contributed by atoms with Gasteiger partial charge in [0.1, 0.15) is 12.4 Å². The predicted octanol–water partition coefficient (Wildman–Crippen LogP) is 2.89. The Morgan fingerprint density at radius 2 is 1.91 bits per heavy atom. The maximum Gasteiger partial charge on any atom is 0.359 e. The Hall–Kier alpha value is -3.22. The lowest BCUT2D eigenvalue weighted by molar-refractivity contribution is 0.0685. The average molecular weight is 313 g/mol. The SMILES string of the molecule is O=C(O)c1[nH]nnc1OCc1ccc(-c2ccccc2F)cc1. The molecule has 1 heterocycles. The third kappa shape index (κ3) is 3.18. The van der Waals surface area contributed by atoms with Gasteiger partial charge in [-0.25, -0.2) is 14.3 Å². The number of rotatable bonds is 5. The van der Waals surface area contributed by atoms with Crippen molar-refractivity contribution in [1.29, 1.82) is 0 Å². The summed E-state index contributed by atoms with van der Waals surface area (Å²) in [5.74, 6) is -1.55. The summed E-state index contributed by atoms with van der Waals surface area (Å²) >= 11 is 0. The molecule has 0 atom stereocenters. The zero-order valence-corrected chi connectivity index (χ0v) is 11.9. The van der Waals surface area contributed by atoms with E-state index in [1.807, 2.05) is 0 Å². The first-order valence-corrected chi connectivity index (χ1v) is 6.76. The summed E-state index contributed by atoms with van der Waals surface area (Å²) in [7, 11) is 0. The smallest absolute Gasteiger partial charge is 0.359 e. The number of carboxylic acids is 1. The maximum absolute atomic E-state index is 13.7. The van der Waals surface area contributed by atoms with E-state index in [2.05, 4.69) is 15.4 Å². The Morgan fingerprint density at radius 3 is 2.61 bits per heavy atom. The van der Waals surface area contributed by atoms with Gasteiger partial charge in [0.2, 0.25) is 5.69 Å². The highest BCUT2D eigenvalue weighted by atomic mass is 19.1. The first kappa shape index (κ1) is 14.7. The van der Waals surface area contributed by atoms with Crippen molar-refractivity contribution in [2.24, 2.45) is 0 Å². The molecular formula is C16H12FN3O3. The molecule has 0 spiro atoms. The van der Waals surface area contributed by atoms with E-state index in [1.54, 1.807) is 42.5 Å². The number of carbonyl (C=O) groups is 1. The van der Waals surface area contributed by atoms with E-state index in [0.29, 0.717) is 5.56 Å².